The summed E-state index contributed by atoms with van der Waals surface area (Å²) in [6.45, 7) is -0.995. The molecule has 1 aliphatic heterocycles. The van der Waals surface area contributed by atoms with Crippen molar-refractivity contribution >= 4 is 28.4 Å². The van der Waals surface area contributed by atoms with E-state index in [0.717, 1.165) is 62.7 Å². The molecule has 4 heterocycles. The van der Waals surface area contributed by atoms with Crippen molar-refractivity contribution < 1.29 is 21.4 Å². The van der Waals surface area contributed by atoms with Gasteiger partial charge >= 0.3 is 6.18 Å². The van der Waals surface area contributed by atoms with Crippen molar-refractivity contribution in [3.8, 4) is 5.82 Å². The second-order valence-electron chi connectivity index (χ2n) is 10.3. The van der Waals surface area contributed by atoms with Crippen LogP contribution in [0.1, 0.15) is 47.5 Å². The molecule has 3 aromatic heterocycles. The zero-order valence-corrected chi connectivity index (χ0v) is 22.2. The molecule has 5 rings (SSSR count). The van der Waals surface area contributed by atoms with Gasteiger partial charge in [-0.2, -0.15) is 18.2 Å². The lowest BCUT2D eigenvalue weighted by Gasteiger charge is -2.34. The minimum Gasteiger partial charge on any atom is -0.369 e. The van der Waals surface area contributed by atoms with E-state index < -0.39 is 42.6 Å². The summed E-state index contributed by atoms with van der Waals surface area (Å²) in [4.78, 5) is 30.9. The molecule has 0 amide bonds. The smallest absolute Gasteiger partial charge is 0.369 e. The second kappa shape index (κ2) is 10.2. The first kappa shape index (κ1) is 20.9. The van der Waals surface area contributed by atoms with Crippen LogP contribution in [0.15, 0.2) is 53.5 Å². The van der Waals surface area contributed by atoms with Crippen LogP contribution in [-0.2, 0) is 5.41 Å². The van der Waals surface area contributed by atoms with E-state index in [4.69, 9.17) is 8.22 Å². The summed E-state index contributed by atoms with van der Waals surface area (Å²) in [7, 11) is 2.07. The van der Waals surface area contributed by atoms with E-state index in [1.165, 1.54) is 12.1 Å². The van der Waals surface area contributed by atoms with Gasteiger partial charge in [-0.25, -0.2) is 19.3 Å². The van der Waals surface area contributed by atoms with Crippen molar-refractivity contribution in [3.05, 3.63) is 64.7 Å². The van der Waals surface area contributed by atoms with Gasteiger partial charge in [-0.3, -0.25) is 4.79 Å². The van der Waals surface area contributed by atoms with Gasteiger partial charge in [0.15, 0.2) is 11.5 Å². The molecule has 1 N–H and O–H groups in total. The standard InChI is InChI=1S/C28H33F3N8O/c1-18(2)38-25(40)21-17-32-26(33-19-9-11-20(12-10-19)37-15-13-36(5)14-16-37)35-24(21)39(38)23-8-6-7-22(34-23)27(3,4)28(29,30)31/h6-12,17-18H,13-16H2,1-5H3,(H,32,33,35)/i1D3,2D3. The lowest BCUT2D eigenvalue weighted by atomic mass is 9.88. The fraction of sp³-hybridized carbons (Fsp3) is 0.429. The average molecular weight is 561 g/mol. The Labute approximate surface area is 238 Å². The molecule has 0 bridgehead atoms. The third-order valence-electron chi connectivity index (χ3n) is 7.16. The number of aromatic nitrogens is 5. The number of benzene rings is 1. The molecule has 0 atom stereocenters. The van der Waals surface area contributed by atoms with Crippen molar-refractivity contribution in [1.29, 1.82) is 0 Å². The normalized spacial score (nSPS) is 18.1. The molecule has 0 spiro atoms. The zero-order chi connectivity index (χ0) is 33.8. The summed E-state index contributed by atoms with van der Waals surface area (Å²) < 4.78 is 91.2. The van der Waals surface area contributed by atoms with E-state index in [0.29, 0.717) is 10.4 Å². The minimum atomic E-state index is -4.71. The first-order valence-corrected chi connectivity index (χ1v) is 12.6. The molecule has 0 radical (unpaired) electrons. The van der Waals surface area contributed by atoms with E-state index in [-0.39, 0.29) is 22.8 Å². The van der Waals surface area contributed by atoms with Crippen molar-refractivity contribution in [2.45, 2.75) is 45.2 Å². The first-order chi connectivity index (χ1) is 21.3. The predicted octanol–water partition coefficient (Wildman–Crippen LogP) is 4.89. The molecular formula is C28H33F3N8O. The quantitative estimate of drug-likeness (QED) is 0.359. The number of alkyl halides is 3. The summed E-state index contributed by atoms with van der Waals surface area (Å²) in [6, 6.07) is 8.72. The first-order valence-electron chi connectivity index (χ1n) is 15.6. The molecular weight excluding hydrogens is 521 g/mol. The van der Waals surface area contributed by atoms with Crippen LogP contribution >= 0.6 is 0 Å². The lowest BCUT2D eigenvalue weighted by Crippen LogP contribution is -2.44. The van der Waals surface area contributed by atoms with Gasteiger partial charge in [0, 0.05) is 58.0 Å². The SMILES string of the molecule is [2H]C([2H])([2H])C(n1c(=O)c2cnc(Nc3ccc(N4CCN(C)CC4)cc3)nc2n1-c1cccc(C(C)(C)C(F)(F)F)n1)C([2H])([2H])[2H]. The molecule has 9 nitrogen and oxygen atoms in total. The summed E-state index contributed by atoms with van der Waals surface area (Å²) in [6.07, 6.45) is -3.60. The predicted molar refractivity (Wildman–Crippen MR) is 150 cm³/mol. The number of piperazine rings is 1. The summed E-state index contributed by atoms with van der Waals surface area (Å²) in [5.74, 6) is -0.363. The van der Waals surface area contributed by atoms with Gasteiger partial charge in [-0.05, 0) is 71.0 Å². The highest BCUT2D eigenvalue weighted by molar-refractivity contribution is 5.77. The number of likely N-dealkylation sites (N-methyl/N-ethyl adjacent to an activating group) is 1. The Hall–Kier alpha value is -3.93. The third kappa shape index (κ3) is 5.03. The maximum absolute atomic E-state index is 14.0. The summed E-state index contributed by atoms with van der Waals surface area (Å²) in [5.41, 5.74) is -2.58. The maximum Gasteiger partial charge on any atom is 0.399 e. The number of anilines is 3. The van der Waals surface area contributed by atoms with Crippen molar-refractivity contribution in [2.24, 2.45) is 0 Å². The van der Waals surface area contributed by atoms with E-state index in [2.05, 4.69) is 37.1 Å². The Kier molecular flexibility index (Phi) is 5.35. The Bertz CT molecular complexity index is 1760. The Balaban J connectivity index is 1.64. The van der Waals surface area contributed by atoms with E-state index in [9.17, 15) is 18.0 Å². The van der Waals surface area contributed by atoms with Gasteiger partial charge in [-0.1, -0.05) is 6.07 Å². The highest BCUT2D eigenvalue weighted by Crippen LogP contribution is 2.39. The van der Waals surface area contributed by atoms with Crippen LogP contribution < -0.4 is 15.8 Å². The molecule has 0 aliphatic carbocycles. The second-order valence-corrected chi connectivity index (χ2v) is 10.3. The Morgan fingerprint density at radius 3 is 2.35 bits per heavy atom. The van der Waals surface area contributed by atoms with Gasteiger partial charge in [0.25, 0.3) is 5.56 Å². The number of pyridine rings is 1. The van der Waals surface area contributed by atoms with Crippen LogP contribution in [-0.4, -0.2) is 68.6 Å². The molecule has 40 heavy (non-hydrogen) atoms. The van der Waals surface area contributed by atoms with E-state index in [1.54, 1.807) is 0 Å². The number of hydrogen-bond acceptors (Lipinski definition) is 7. The monoisotopic (exact) mass is 560 g/mol. The lowest BCUT2D eigenvalue weighted by molar-refractivity contribution is -0.181. The van der Waals surface area contributed by atoms with Crippen molar-refractivity contribution in [2.75, 3.05) is 43.4 Å². The molecule has 1 aromatic carbocycles. The largest absolute Gasteiger partial charge is 0.399 e. The molecule has 0 unspecified atom stereocenters. The van der Waals surface area contributed by atoms with Crippen LogP contribution in [0.2, 0.25) is 0 Å². The average Bonchev–Trinajstić information content (AvgIpc) is 3.22. The van der Waals surface area contributed by atoms with Gasteiger partial charge in [0.1, 0.15) is 10.8 Å². The number of rotatable bonds is 6. The summed E-state index contributed by atoms with van der Waals surface area (Å²) >= 11 is 0. The molecule has 4 aromatic rings. The Morgan fingerprint density at radius 1 is 1.00 bits per heavy atom. The van der Waals surface area contributed by atoms with Gasteiger partial charge in [-0.15, -0.1) is 0 Å². The fourth-order valence-corrected chi connectivity index (χ4v) is 4.50. The number of halogens is 3. The van der Waals surface area contributed by atoms with Crippen molar-refractivity contribution in [3.63, 3.8) is 0 Å². The van der Waals surface area contributed by atoms with Crippen LogP contribution in [0.5, 0.6) is 0 Å². The number of hydrogen-bond donors (Lipinski definition) is 1. The Morgan fingerprint density at radius 2 is 1.70 bits per heavy atom. The van der Waals surface area contributed by atoms with Crippen LogP contribution in [0.4, 0.5) is 30.5 Å². The number of nitrogens with zero attached hydrogens (tertiary/aromatic N) is 7. The zero-order valence-electron chi connectivity index (χ0n) is 28.2. The third-order valence-corrected chi connectivity index (χ3v) is 7.16. The van der Waals surface area contributed by atoms with E-state index >= 15 is 0 Å². The van der Waals surface area contributed by atoms with E-state index in [1.807, 2.05) is 24.3 Å². The topological polar surface area (TPSA) is 84.1 Å². The van der Waals surface area contributed by atoms with Gasteiger partial charge < -0.3 is 15.1 Å². The van der Waals surface area contributed by atoms with Gasteiger partial charge in [0.2, 0.25) is 5.95 Å². The molecule has 12 heteroatoms. The maximum atomic E-state index is 14.0. The highest BCUT2D eigenvalue weighted by Gasteiger charge is 2.49. The van der Waals surface area contributed by atoms with Crippen LogP contribution in [0.3, 0.4) is 0 Å². The minimum absolute atomic E-state index is 0.0307. The molecule has 212 valence electrons. The number of nitrogens with one attached hydrogen (secondary N) is 1. The highest BCUT2D eigenvalue weighted by atomic mass is 19.4. The van der Waals surface area contributed by atoms with Crippen LogP contribution in [0, 0.1) is 0 Å². The molecule has 0 saturated carbocycles. The van der Waals surface area contributed by atoms with Crippen molar-refractivity contribution in [1.82, 2.24) is 29.2 Å². The molecule has 1 fully saturated rings. The number of fused-ring (bicyclic) bond motifs is 1. The van der Waals surface area contributed by atoms with Crippen LogP contribution in [0.25, 0.3) is 16.9 Å². The van der Waals surface area contributed by atoms with Gasteiger partial charge in [0.05, 0.1) is 5.69 Å². The fourth-order valence-electron chi connectivity index (χ4n) is 4.50. The summed E-state index contributed by atoms with van der Waals surface area (Å²) in [5, 5.41) is 2.77. The molecule has 1 saturated heterocycles. The molecule has 1 aliphatic rings.